The maximum absolute atomic E-state index is 4.59. The van der Waals surface area contributed by atoms with Gasteiger partial charge < -0.3 is 10.3 Å². The average molecular weight is 320 g/mol. The van der Waals surface area contributed by atoms with E-state index < -0.39 is 0 Å². The molecule has 0 aliphatic carbocycles. The van der Waals surface area contributed by atoms with E-state index in [4.69, 9.17) is 0 Å². The molecule has 1 aliphatic heterocycles. The van der Waals surface area contributed by atoms with Crippen LogP contribution in [-0.4, -0.2) is 28.0 Å². The van der Waals surface area contributed by atoms with Gasteiger partial charge in [-0.05, 0) is 68.2 Å². The fraction of sp³-hybridized carbons (Fsp3) is 0.350. The predicted molar refractivity (Wildman–Crippen MR) is 99.7 cm³/mol. The molecular formula is C20H24N4. The lowest BCUT2D eigenvalue weighted by Gasteiger charge is -2.26. The first-order valence-electron chi connectivity index (χ1n) is 8.81. The van der Waals surface area contributed by atoms with E-state index >= 15 is 0 Å². The van der Waals surface area contributed by atoms with Gasteiger partial charge in [0.2, 0.25) is 5.95 Å². The van der Waals surface area contributed by atoms with E-state index in [2.05, 4.69) is 63.5 Å². The van der Waals surface area contributed by atoms with Crippen molar-refractivity contribution < 1.29 is 0 Å². The first-order chi connectivity index (χ1) is 11.8. The smallest absolute Gasteiger partial charge is 0.205 e. The number of piperidine rings is 1. The summed E-state index contributed by atoms with van der Waals surface area (Å²) < 4.78 is 0. The number of benzene rings is 2. The van der Waals surface area contributed by atoms with Crippen molar-refractivity contribution in [2.45, 2.75) is 32.7 Å². The molecule has 0 unspecified atom stereocenters. The Morgan fingerprint density at radius 3 is 2.62 bits per heavy atom. The summed E-state index contributed by atoms with van der Waals surface area (Å²) in [5, 5.41) is 3.36. The Morgan fingerprint density at radius 1 is 1.04 bits per heavy atom. The number of hydrogen-bond donors (Lipinski definition) is 2. The Hall–Kier alpha value is -2.33. The second kappa shape index (κ2) is 6.65. The van der Waals surface area contributed by atoms with Crippen LogP contribution in [0.2, 0.25) is 0 Å². The number of nitrogens with one attached hydrogen (secondary N) is 2. The van der Waals surface area contributed by atoms with E-state index in [1.165, 1.54) is 43.5 Å². The standard InChI is InChI=1S/C20H24N4/c1-15-5-10-18-19(13-15)23-20(22-18)21-17-8-6-16(7-9-17)14-24-11-3-2-4-12-24/h5-10,13H,2-4,11-12,14H2,1H3,(H2,21,22,23). The molecule has 4 rings (SSSR count). The minimum atomic E-state index is 0.791. The van der Waals surface area contributed by atoms with Crippen molar-refractivity contribution >= 4 is 22.7 Å². The highest BCUT2D eigenvalue weighted by Gasteiger charge is 2.10. The summed E-state index contributed by atoms with van der Waals surface area (Å²) in [5.74, 6) is 0.791. The van der Waals surface area contributed by atoms with Crippen molar-refractivity contribution in [3.8, 4) is 0 Å². The van der Waals surface area contributed by atoms with Crippen LogP contribution in [0, 0.1) is 6.92 Å². The summed E-state index contributed by atoms with van der Waals surface area (Å²) >= 11 is 0. The molecule has 2 aromatic carbocycles. The van der Waals surface area contributed by atoms with Gasteiger partial charge in [0.15, 0.2) is 0 Å². The van der Waals surface area contributed by atoms with Crippen LogP contribution in [0.3, 0.4) is 0 Å². The highest BCUT2D eigenvalue weighted by Crippen LogP contribution is 2.20. The Kier molecular flexibility index (Phi) is 4.22. The molecule has 0 saturated carbocycles. The van der Waals surface area contributed by atoms with E-state index in [0.29, 0.717) is 0 Å². The van der Waals surface area contributed by atoms with Crippen LogP contribution in [0.15, 0.2) is 42.5 Å². The third-order valence-electron chi connectivity index (χ3n) is 4.71. The molecule has 1 fully saturated rings. The van der Waals surface area contributed by atoms with Crippen molar-refractivity contribution in [1.82, 2.24) is 14.9 Å². The van der Waals surface area contributed by atoms with E-state index in [1.807, 2.05) is 6.07 Å². The van der Waals surface area contributed by atoms with Gasteiger partial charge in [-0.2, -0.15) is 0 Å². The zero-order valence-electron chi connectivity index (χ0n) is 14.2. The van der Waals surface area contributed by atoms with E-state index in [1.54, 1.807) is 0 Å². The van der Waals surface area contributed by atoms with Crippen LogP contribution in [0.5, 0.6) is 0 Å². The molecule has 2 heterocycles. The summed E-state index contributed by atoms with van der Waals surface area (Å²) in [6.45, 7) is 5.62. The van der Waals surface area contributed by atoms with Gasteiger partial charge in [0, 0.05) is 12.2 Å². The molecule has 124 valence electrons. The number of imidazole rings is 1. The van der Waals surface area contributed by atoms with Crippen molar-refractivity contribution in [3.05, 3.63) is 53.6 Å². The van der Waals surface area contributed by atoms with Crippen molar-refractivity contribution in [2.75, 3.05) is 18.4 Å². The zero-order valence-corrected chi connectivity index (χ0v) is 14.2. The van der Waals surface area contributed by atoms with Gasteiger partial charge >= 0.3 is 0 Å². The third kappa shape index (κ3) is 3.44. The van der Waals surface area contributed by atoms with Gasteiger partial charge in [-0.15, -0.1) is 0 Å². The molecule has 24 heavy (non-hydrogen) atoms. The number of likely N-dealkylation sites (tertiary alicyclic amines) is 1. The van der Waals surface area contributed by atoms with E-state index in [9.17, 15) is 0 Å². The largest absolute Gasteiger partial charge is 0.326 e. The number of aryl methyl sites for hydroxylation is 1. The Labute approximate surface area is 142 Å². The number of aromatic nitrogens is 2. The van der Waals surface area contributed by atoms with Crippen LogP contribution in [-0.2, 0) is 6.54 Å². The topological polar surface area (TPSA) is 44.0 Å². The Balaban J connectivity index is 1.44. The number of nitrogens with zero attached hydrogens (tertiary/aromatic N) is 2. The van der Waals surface area contributed by atoms with Gasteiger partial charge in [0.05, 0.1) is 11.0 Å². The van der Waals surface area contributed by atoms with Crippen LogP contribution >= 0.6 is 0 Å². The Bertz CT molecular complexity index is 813. The molecule has 3 aromatic rings. The lowest BCUT2D eigenvalue weighted by Crippen LogP contribution is -2.29. The highest BCUT2D eigenvalue weighted by atomic mass is 15.1. The number of anilines is 2. The van der Waals surface area contributed by atoms with Crippen LogP contribution in [0.1, 0.15) is 30.4 Å². The van der Waals surface area contributed by atoms with E-state index in [-0.39, 0.29) is 0 Å². The molecule has 0 bridgehead atoms. The number of H-pyrrole nitrogens is 1. The molecule has 2 N–H and O–H groups in total. The second-order valence-electron chi connectivity index (χ2n) is 6.76. The molecule has 1 aromatic heterocycles. The van der Waals surface area contributed by atoms with Gasteiger partial charge in [-0.3, -0.25) is 4.90 Å². The fourth-order valence-electron chi connectivity index (χ4n) is 3.39. The number of fused-ring (bicyclic) bond motifs is 1. The fourth-order valence-corrected chi connectivity index (χ4v) is 3.39. The molecule has 4 heteroatoms. The molecule has 4 nitrogen and oxygen atoms in total. The van der Waals surface area contributed by atoms with Crippen LogP contribution < -0.4 is 5.32 Å². The van der Waals surface area contributed by atoms with Crippen molar-refractivity contribution in [2.24, 2.45) is 0 Å². The zero-order chi connectivity index (χ0) is 16.4. The summed E-state index contributed by atoms with van der Waals surface area (Å²) in [7, 11) is 0. The molecule has 0 amide bonds. The van der Waals surface area contributed by atoms with Crippen molar-refractivity contribution in [1.29, 1.82) is 0 Å². The summed E-state index contributed by atoms with van der Waals surface area (Å²) in [5.41, 5.74) is 5.74. The number of hydrogen-bond acceptors (Lipinski definition) is 3. The minimum Gasteiger partial charge on any atom is -0.326 e. The summed E-state index contributed by atoms with van der Waals surface area (Å²) in [6.07, 6.45) is 4.06. The minimum absolute atomic E-state index is 0.791. The molecule has 0 atom stereocenters. The van der Waals surface area contributed by atoms with Crippen molar-refractivity contribution in [3.63, 3.8) is 0 Å². The van der Waals surface area contributed by atoms with E-state index in [0.717, 1.165) is 29.2 Å². The SMILES string of the molecule is Cc1ccc2nc(Nc3ccc(CN4CCCCC4)cc3)[nH]c2c1. The molecule has 0 spiro atoms. The van der Waals surface area contributed by atoms with Crippen LogP contribution in [0.25, 0.3) is 11.0 Å². The van der Waals surface area contributed by atoms with Gasteiger partial charge in [-0.1, -0.05) is 24.6 Å². The Morgan fingerprint density at radius 2 is 1.83 bits per heavy atom. The summed E-state index contributed by atoms with van der Waals surface area (Å²) in [4.78, 5) is 10.5. The predicted octanol–water partition coefficient (Wildman–Crippen LogP) is 4.60. The number of aromatic amines is 1. The molecule has 0 radical (unpaired) electrons. The number of rotatable bonds is 4. The maximum Gasteiger partial charge on any atom is 0.205 e. The molecule has 1 aliphatic rings. The average Bonchev–Trinajstić information content (AvgIpc) is 2.99. The second-order valence-corrected chi connectivity index (χ2v) is 6.76. The molecular weight excluding hydrogens is 296 g/mol. The molecule has 1 saturated heterocycles. The van der Waals surface area contributed by atoms with Gasteiger partial charge in [-0.25, -0.2) is 4.98 Å². The van der Waals surface area contributed by atoms with Gasteiger partial charge in [0.1, 0.15) is 0 Å². The van der Waals surface area contributed by atoms with Crippen LogP contribution in [0.4, 0.5) is 11.6 Å². The first-order valence-corrected chi connectivity index (χ1v) is 8.81. The quantitative estimate of drug-likeness (QED) is 0.738. The maximum atomic E-state index is 4.59. The lowest BCUT2D eigenvalue weighted by atomic mass is 10.1. The monoisotopic (exact) mass is 320 g/mol. The first kappa shape index (κ1) is 15.2. The normalized spacial score (nSPS) is 15.7. The summed E-state index contributed by atoms with van der Waals surface area (Å²) in [6, 6.07) is 15.0. The van der Waals surface area contributed by atoms with Gasteiger partial charge in [0.25, 0.3) is 0 Å². The highest BCUT2D eigenvalue weighted by molar-refractivity contribution is 5.79. The lowest BCUT2D eigenvalue weighted by molar-refractivity contribution is 0.221. The third-order valence-corrected chi connectivity index (χ3v) is 4.71.